The number of nitrogens with one attached hydrogen (secondary N) is 1. The first-order chi connectivity index (χ1) is 11.8. The second kappa shape index (κ2) is 6.35. The van der Waals surface area contributed by atoms with Crippen LogP contribution in [0.25, 0.3) is 6.08 Å². The number of imidazole rings is 1. The van der Waals surface area contributed by atoms with E-state index in [-0.39, 0.29) is 11.8 Å². The Morgan fingerprint density at radius 2 is 2.25 bits per heavy atom. The summed E-state index contributed by atoms with van der Waals surface area (Å²) in [5, 5.41) is 0. The Bertz CT molecular complexity index is 793. The van der Waals surface area contributed by atoms with Gasteiger partial charge in [-0.15, -0.1) is 0 Å². The maximum Gasteiger partial charge on any atom is 0.254 e. The van der Waals surface area contributed by atoms with Gasteiger partial charge >= 0.3 is 0 Å². The average molecular weight is 321 g/mol. The van der Waals surface area contributed by atoms with Crippen molar-refractivity contribution in [2.45, 2.75) is 18.8 Å². The molecular weight excluding hydrogens is 302 g/mol. The van der Waals surface area contributed by atoms with Crippen LogP contribution in [0, 0.1) is 0 Å². The number of hydrogen-bond acceptors (Lipinski definition) is 3. The number of para-hydroxylation sites is 1. The van der Waals surface area contributed by atoms with E-state index in [0.717, 1.165) is 36.5 Å². The Morgan fingerprint density at radius 1 is 1.33 bits per heavy atom. The fourth-order valence-electron chi connectivity index (χ4n) is 3.30. The van der Waals surface area contributed by atoms with Gasteiger partial charge in [0.1, 0.15) is 11.6 Å². The fraction of sp³-hybridized carbons (Fsp3) is 0.263. The number of amides is 1. The van der Waals surface area contributed by atoms with Gasteiger partial charge in [0.15, 0.2) is 0 Å². The largest absolute Gasteiger partial charge is 0.464 e. The standard InChI is InChI=1S/C19H19N3O2/c23-19(15-7-11-24-17-6-2-1-4-14(17)12-15)22-10-3-5-16(13-22)18-20-8-9-21-18/h1-2,4,6-9,11-12,16H,3,5,10,13H2,(H,20,21). The van der Waals surface area contributed by atoms with Crippen molar-refractivity contribution in [3.8, 4) is 5.75 Å². The zero-order chi connectivity index (χ0) is 16.4. The lowest BCUT2D eigenvalue weighted by atomic mass is 9.96. The van der Waals surface area contributed by atoms with Gasteiger partial charge in [-0.1, -0.05) is 18.2 Å². The van der Waals surface area contributed by atoms with Gasteiger partial charge < -0.3 is 14.6 Å². The maximum atomic E-state index is 13.0. The molecule has 0 bridgehead atoms. The van der Waals surface area contributed by atoms with E-state index < -0.39 is 0 Å². The molecule has 5 heteroatoms. The molecule has 1 atom stereocenters. The number of H-pyrrole nitrogens is 1. The van der Waals surface area contributed by atoms with Gasteiger partial charge in [-0.3, -0.25) is 4.79 Å². The molecule has 1 N–H and O–H groups in total. The van der Waals surface area contributed by atoms with Gasteiger partial charge in [-0.05, 0) is 31.1 Å². The van der Waals surface area contributed by atoms with Crippen molar-refractivity contribution in [2.75, 3.05) is 13.1 Å². The van der Waals surface area contributed by atoms with E-state index in [2.05, 4.69) is 9.97 Å². The lowest BCUT2D eigenvalue weighted by molar-refractivity contribution is -0.127. The zero-order valence-electron chi connectivity index (χ0n) is 13.3. The normalized spacial score (nSPS) is 19.9. The Hall–Kier alpha value is -2.82. The average Bonchev–Trinajstić information content (AvgIpc) is 3.08. The number of carbonyl (C=O) groups excluding carboxylic acids is 1. The van der Waals surface area contributed by atoms with Crippen molar-refractivity contribution in [2.24, 2.45) is 0 Å². The van der Waals surface area contributed by atoms with Gasteiger partial charge in [0.25, 0.3) is 5.91 Å². The zero-order valence-corrected chi connectivity index (χ0v) is 13.3. The summed E-state index contributed by atoms with van der Waals surface area (Å²) >= 11 is 0. The molecule has 4 rings (SSSR count). The third-order valence-corrected chi connectivity index (χ3v) is 4.53. The maximum absolute atomic E-state index is 13.0. The van der Waals surface area contributed by atoms with Crippen molar-refractivity contribution >= 4 is 12.0 Å². The third kappa shape index (κ3) is 2.85. The van der Waals surface area contributed by atoms with E-state index in [1.165, 1.54) is 0 Å². The lowest BCUT2D eigenvalue weighted by Crippen LogP contribution is -2.39. The lowest BCUT2D eigenvalue weighted by Gasteiger charge is -2.32. The minimum Gasteiger partial charge on any atom is -0.464 e. The Morgan fingerprint density at radius 3 is 3.12 bits per heavy atom. The van der Waals surface area contributed by atoms with E-state index in [4.69, 9.17) is 4.74 Å². The number of aromatic nitrogens is 2. The third-order valence-electron chi connectivity index (χ3n) is 4.53. The smallest absolute Gasteiger partial charge is 0.254 e. The monoisotopic (exact) mass is 321 g/mol. The number of benzene rings is 1. The Labute approximate surface area is 140 Å². The number of rotatable bonds is 2. The molecule has 0 saturated carbocycles. The van der Waals surface area contributed by atoms with Gasteiger partial charge in [0, 0.05) is 42.5 Å². The molecule has 1 unspecified atom stereocenters. The molecule has 0 spiro atoms. The van der Waals surface area contributed by atoms with Crippen LogP contribution in [0.1, 0.15) is 30.1 Å². The summed E-state index contributed by atoms with van der Waals surface area (Å²) in [5.74, 6) is 2.05. The Kier molecular flexibility index (Phi) is 3.91. The minimum absolute atomic E-state index is 0.0443. The molecular formula is C19H19N3O2. The van der Waals surface area contributed by atoms with Crippen LogP contribution < -0.4 is 4.74 Å². The highest BCUT2D eigenvalue weighted by Crippen LogP contribution is 2.28. The molecule has 0 aliphatic carbocycles. The fourth-order valence-corrected chi connectivity index (χ4v) is 3.30. The number of carbonyl (C=O) groups is 1. The highest BCUT2D eigenvalue weighted by atomic mass is 16.5. The first-order valence-electron chi connectivity index (χ1n) is 8.24. The summed E-state index contributed by atoms with van der Waals surface area (Å²) in [7, 11) is 0. The van der Waals surface area contributed by atoms with Crippen molar-refractivity contribution in [3.05, 3.63) is 66.0 Å². The molecule has 24 heavy (non-hydrogen) atoms. The van der Waals surface area contributed by atoms with Gasteiger partial charge in [-0.2, -0.15) is 0 Å². The van der Waals surface area contributed by atoms with Crippen molar-refractivity contribution < 1.29 is 9.53 Å². The van der Waals surface area contributed by atoms with Crippen LogP contribution in [0.3, 0.4) is 0 Å². The van der Waals surface area contributed by atoms with E-state index >= 15 is 0 Å². The first-order valence-corrected chi connectivity index (χ1v) is 8.24. The molecule has 122 valence electrons. The number of fused-ring (bicyclic) bond motifs is 1. The van der Waals surface area contributed by atoms with Gasteiger partial charge in [-0.25, -0.2) is 4.98 Å². The van der Waals surface area contributed by atoms with E-state index in [1.54, 1.807) is 18.5 Å². The molecule has 1 amide bonds. The van der Waals surface area contributed by atoms with Gasteiger partial charge in [0.05, 0.1) is 6.26 Å². The molecule has 2 aliphatic rings. The molecule has 1 aromatic carbocycles. The van der Waals surface area contributed by atoms with Crippen molar-refractivity contribution in [3.63, 3.8) is 0 Å². The number of hydrogen-bond donors (Lipinski definition) is 1. The summed E-state index contributed by atoms with van der Waals surface area (Å²) in [6.45, 7) is 1.48. The summed E-state index contributed by atoms with van der Waals surface area (Å²) in [5.41, 5.74) is 1.57. The summed E-state index contributed by atoms with van der Waals surface area (Å²) in [6.07, 6.45) is 10.9. The van der Waals surface area contributed by atoms with Crippen LogP contribution in [0.5, 0.6) is 5.75 Å². The molecule has 1 aromatic heterocycles. The van der Waals surface area contributed by atoms with Crippen molar-refractivity contribution in [1.29, 1.82) is 0 Å². The number of likely N-dealkylation sites (tertiary alicyclic amines) is 1. The molecule has 2 aliphatic heterocycles. The summed E-state index contributed by atoms with van der Waals surface area (Å²) in [6, 6.07) is 7.72. The number of nitrogens with zero attached hydrogens (tertiary/aromatic N) is 2. The van der Waals surface area contributed by atoms with E-state index in [9.17, 15) is 4.79 Å². The molecule has 2 aromatic rings. The van der Waals surface area contributed by atoms with Crippen LogP contribution in [-0.2, 0) is 4.79 Å². The second-order valence-corrected chi connectivity index (χ2v) is 6.12. The van der Waals surface area contributed by atoms with Crippen LogP contribution in [0.15, 0.2) is 54.6 Å². The van der Waals surface area contributed by atoms with E-state index in [1.807, 2.05) is 41.4 Å². The first kappa shape index (κ1) is 14.8. The molecule has 1 fully saturated rings. The minimum atomic E-state index is 0.0443. The highest BCUT2D eigenvalue weighted by molar-refractivity contribution is 6.01. The predicted octanol–water partition coefficient (Wildman–Crippen LogP) is 3.11. The molecule has 0 radical (unpaired) electrons. The highest BCUT2D eigenvalue weighted by Gasteiger charge is 2.27. The van der Waals surface area contributed by atoms with Crippen LogP contribution in [0.2, 0.25) is 0 Å². The van der Waals surface area contributed by atoms with Crippen molar-refractivity contribution in [1.82, 2.24) is 14.9 Å². The molecule has 3 heterocycles. The summed E-state index contributed by atoms with van der Waals surface area (Å²) in [4.78, 5) is 22.4. The van der Waals surface area contributed by atoms with Crippen LogP contribution in [-0.4, -0.2) is 33.9 Å². The predicted molar refractivity (Wildman–Crippen MR) is 91.3 cm³/mol. The quantitative estimate of drug-likeness (QED) is 0.924. The van der Waals surface area contributed by atoms with Crippen LogP contribution in [0.4, 0.5) is 0 Å². The number of piperidine rings is 1. The SMILES string of the molecule is O=C(C1=Cc2ccccc2OC=C1)N1CCCC(c2ncc[nH]2)C1. The molecule has 5 nitrogen and oxygen atoms in total. The number of aromatic amines is 1. The Balaban J connectivity index is 1.56. The van der Waals surface area contributed by atoms with Gasteiger partial charge in [0.2, 0.25) is 0 Å². The van der Waals surface area contributed by atoms with E-state index in [0.29, 0.717) is 12.1 Å². The second-order valence-electron chi connectivity index (χ2n) is 6.12. The summed E-state index contributed by atoms with van der Waals surface area (Å²) < 4.78 is 5.58. The number of ether oxygens (including phenoxy) is 1. The molecule has 1 saturated heterocycles. The van der Waals surface area contributed by atoms with Crippen LogP contribution >= 0.6 is 0 Å². The topological polar surface area (TPSA) is 58.2 Å².